The number of carbonyl (C=O) groups excluding carboxylic acids is 2. The number of halogens is 1. The second-order valence-electron chi connectivity index (χ2n) is 7.01. The van der Waals surface area contributed by atoms with Crippen molar-refractivity contribution in [2.45, 2.75) is 13.0 Å². The van der Waals surface area contributed by atoms with Crippen LogP contribution >= 0.6 is 0 Å². The van der Waals surface area contributed by atoms with E-state index in [0.717, 1.165) is 0 Å². The first-order chi connectivity index (χ1) is 15.0. The Morgan fingerprint density at radius 2 is 1.61 bits per heavy atom. The van der Waals surface area contributed by atoms with Crippen LogP contribution in [0.3, 0.4) is 0 Å². The van der Waals surface area contributed by atoms with Gasteiger partial charge in [-0.25, -0.2) is 4.39 Å². The van der Waals surface area contributed by atoms with E-state index in [2.05, 4.69) is 0 Å². The summed E-state index contributed by atoms with van der Waals surface area (Å²) in [6.45, 7) is 2.36. The molecule has 1 atom stereocenters. The lowest BCUT2D eigenvalue weighted by atomic mass is 9.95. The van der Waals surface area contributed by atoms with E-state index in [0.29, 0.717) is 29.2 Å². The topological polar surface area (TPSA) is 66.8 Å². The minimum Gasteiger partial charge on any atom is -0.507 e. The summed E-state index contributed by atoms with van der Waals surface area (Å²) < 4.78 is 19.0. The predicted molar refractivity (Wildman–Crippen MR) is 115 cm³/mol. The van der Waals surface area contributed by atoms with Gasteiger partial charge in [-0.3, -0.25) is 14.5 Å². The Balaban J connectivity index is 1.88. The van der Waals surface area contributed by atoms with E-state index < -0.39 is 23.5 Å². The Morgan fingerprint density at radius 1 is 0.968 bits per heavy atom. The largest absolute Gasteiger partial charge is 0.507 e. The van der Waals surface area contributed by atoms with E-state index in [1.54, 1.807) is 54.6 Å². The maximum Gasteiger partial charge on any atom is 0.300 e. The number of anilines is 1. The summed E-state index contributed by atoms with van der Waals surface area (Å²) in [4.78, 5) is 27.4. The summed E-state index contributed by atoms with van der Waals surface area (Å²) in [6.07, 6.45) is 0. The van der Waals surface area contributed by atoms with Crippen LogP contribution in [0.1, 0.15) is 24.1 Å². The lowest BCUT2D eigenvalue weighted by Gasteiger charge is -2.25. The van der Waals surface area contributed by atoms with E-state index in [1.165, 1.54) is 29.2 Å². The van der Waals surface area contributed by atoms with Crippen LogP contribution in [0.2, 0.25) is 0 Å². The summed E-state index contributed by atoms with van der Waals surface area (Å²) in [5, 5.41) is 11.0. The molecule has 5 nitrogen and oxygen atoms in total. The number of hydrogen-bond donors (Lipinski definition) is 1. The van der Waals surface area contributed by atoms with Gasteiger partial charge in [0.25, 0.3) is 11.7 Å². The van der Waals surface area contributed by atoms with Crippen molar-refractivity contribution in [2.24, 2.45) is 0 Å². The number of Topliss-reactive ketones (excluding diaryl/α,β-unsaturated/α-hetero) is 1. The molecule has 1 aliphatic heterocycles. The molecule has 31 heavy (non-hydrogen) atoms. The van der Waals surface area contributed by atoms with Gasteiger partial charge >= 0.3 is 0 Å². The number of aliphatic hydroxyl groups is 1. The van der Waals surface area contributed by atoms with Crippen molar-refractivity contribution in [3.63, 3.8) is 0 Å². The average molecular weight is 417 g/mol. The SMILES string of the molecule is CCOc1ccc(N2C(=O)C(=O)/C(=C(/O)c3ccccc3)C2c2ccc(F)cc2)cc1. The number of amides is 1. The molecule has 0 saturated carbocycles. The van der Waals surface area contributed by atoms with E-state index in [4.69, 9.17) is 4.74 Å². The molecule has 4 rings (SSSR count). The van der Waals surface area contributed by atoms with E-state index in [9.17, 15) is 19.1 Å². The molecule has 1 fully saturated rings. The van der Waals surface area contributed by atoms with Crippen LogP contribution in [0.4, 0.5) is 10.1 Å². The summed E-state index contributed by atoms with van der Waals surface area (Å²) >= 11 is 0. The Labute approximate surface area is 179 Å². The molecular weight excluding hydrogens is 397 g/mol. The van der Waals surface area contributed by atoms with Crippen LogP contribution < -0.4 is 9.64 Å². The van der Waals surface area contributed by atoms with Crippen LogP contribution in [0.25, 0.3) is 5.76 Å². The number of ketones is 1. The highest BCUT2D eigenvalue weighted by molar-refractivity contribution is 6.51. The monoisotopic (exact) mass is 417 g/mol. The number of benzene rings is 3. The van der Waals surface area contributed by atoms with Gasteiger partial charge in [-0.1, -0.05) is 42.5 Å². The summed E-state index contributed by atoms with van der Waals surface area (Å²) in [5.74, 6) is -1.66. The molecule has 3 aromatic carbocycles. The van der Waals surface area contributed by atoms with Crippen LogP contribution in [-0.2, 0) is 9.59 Å². The molecule has 1 unspecified atom stereocenters. The quantitative estimate of drug-likeness (QED) is 0.366. The third kappa shape index (κ3) is 3.80. The van der Waals surface area contributed by atoms with Gasteiger partial charge in [-0.2, -0.15) is 0 Å². The number of hydrogen-bond acceptors (Lipinski definition) is 4. The molecule has 156 valence electrons. The molecule has 0 bridgehead atoms. The zero-order valence-electron chi connectivity index (χ0n) is 16.8. The van der Waals surface area contributed by atoms with Crippen LogP contribution in [-0.4, -0.2) is 23.4 Å². The zero-order valence-corrected chi connectivity index (χ0v) is 16.8. The Morgan fingerprint density at radius 3 is 2.23 bits per heavy atom. The zero-order chi connectivity index (χ0) is 22.0. The van der Waals surface area contributed by atoms with Gasteiger partial charge in [0.05, 0.1) is 18.2 Å². The smallest absolute Gasteiger partial charge is 0.300 e. The fourth-order valence-electron chi connectivity index (χ4n) is 3.68. The van der Waals surface area contributed by atoms with Gasteiger partial charge in [-0.15, -0.1) is 0 Å². The first kappa shape index (κ1) is 20.3. The molecule has 0 spiro atoms. The van der Waals surface area contributed by atoms with Crippen LogP contribution in [0.15, 0.2) is 84.4 Å². The first-order valence-electron chi connectivity index (χ1n) is 9.86. The standard InChI is InChI=1S/C25H20FNO4/c1-2-31-20-14-12-19(13-15-20)27-22(16-8-10-18(26)11-9-16)21(24(29)25(27)30)23(28)17-6-4-3-5-7-17/h3-15,22,28H,2H2,1H3/b23-21+. The maximum absolute atomic E-state index is 13.6. The summed E-state index contributed by atoms with van der Waals surface area (Å²) in [6, 6.07) is 19.9. The highest BCUT2D eigenvalue weighted by atomic mass is 19.1. The number of rotatable bonds is 5. The van der Waals surface area contributed by atoms with Crippen molar-refractivity contribution >= 4 is 23.1 Å². The summed E-state index contributed by atoms with van der Waals surface area (Å²) in [5.41, 5.74) is 1.34. The minimum atomic E-state index is -0.904. The predicted octanol–water partition coefficient (Wildman–Crippen LogP) is 4.85. The molecule has 1 saturated heterocycles. The molecular formula is C25H20FNO4. The fourth-order valence-corrected chi connectivity index (χ4v) is 3.68. The van der Waals surface area contributed by atoms with Gasteiger partial charge in [0, 0.05) is 11.3 Å². The molecule has 1 aliphatic rings. The van der Waals surface area contributed by atoms with Gasteiger partial charge < -0.3 is 9.84 Å². The van der Waals surface area contributed by atoms with Crippen molar-refractivity contribution in [1.29, 1.82) is 0 Å². The van der Waals surface area contributed by atoms with Crippen molar-refractivity contribution in [1.82, 2.24) is 0 Å². The average Bonchev–Trinajstić information content (AvgIpc) is 3.06. The first-order valence-corrected chi connectivity index (χ1v) is 9.86. The summed E-state index contributed by atoms with van der Waals surface area (Å²) in [7, 11) is 0. The highest BCUT2D eigenvalue weighted by Gasteiger charge is 2.46. The molecule has 0 radical (unpaired) electrons. The van der Waals surface area contributed by atoms with Crippen LogP contribution in [0, 0.1) is 5.82 Å². The van der Waals surface area contributed by atoms with Gasteiger partial charge in [0.15, 0.2) is 0 Å². The Bertz CT molecular complexity index is 1140. The van der Waals surface area contributed by atoms with Gasteiger partial charge in [-0.05, 0) is 48.9 Å². The van der Waals surface area contributed by atoms with Gasteiger partial charge in [0.2, 0.25) is 0 Å². The third-order valence-corrected chi connectivity index (χ3v) is 5.10. The highest BCUT2D eigenvalue weighted by Crippen LogP contribution is 2.42. The lowest BCUT2D eigenvalue weighted by molar-refractivity contribution is -0.132. The second kappa shape index (κ2) is 8.44. The van der Waals surface area contributed by atoms with E-state index >= 15 is 0 Å². The van der Waals surface area contributed by atoms with E-state index in [-0.39, 0.29) is 11.3 Å². The van der Waals surface area contributed by atoms with Crippen LogP contribution in [0.5, 0.6) is 5.75 Å². The third-order valence-electron chi connectivity index (χ3n) is 5.10. The molecule has 1 N–H and O–H groups in total. The van der Waals surface area contributed by atoms with Crippen molar-refractivity contribution in [2.75, 3.05) is 11.5 Å². The molecule has 0 aliphatic carbocycles. The molecule has 1 amide bonds. The maximum atomic E-state index is 13.6. The number of aliphatic hydroxyl groups excluding tert-OH is 1. The van der Waals surface area contributed by atoms with Crippen molar-refractivity contribution < 1.29 is 23.8 Å². The minimum absolute atomic E-state index is 0.0447. The number of carbonyl (C=O) groups is 2. The Hall–Kier alpha value is -3.93. The number of ether oxygens (including phenoxy) is 1. The lowest BCUT2D eigenvalue weighted by Crippen LogP contribution is -2.29. The van der Waals surface area contributed by atoms with Crippen molar-refractivity contribution in [3.8, 4) is 5.75 Å². The van der Waals surface area contributed by atoms with E-state index in [1.807, 2.05) is 6.92 Å². The van der Waals surface area contributed by atoms with Crippen molar-refractivity contribution in [3.05, 3.63) is 101 Å². The number of nitrogens with zero attached hydrogens (tertiary/aromatic N) is 1. The second-order valence-corrected chi connectivity index (χ2v) is 7.01. The normalized spacial score (nSPS) is 17.7. The molecule has 3 aromatic rings. The molecule has 6 heteroatoms. The molecule has 1 heterocycles. The fraction of sp³-hybridized carbons (Fsp3) is 0.120. The molecule has 0 aromatic heterocycles. The van der Waals surface area contributed by atoms with Gasteiger partial charge in [0.1, 0.15) is 17.3 Å². The Kier molecular flexibility index (Phi) is 5.54.